The molecule has 1 amide bonds. The van der Waals surface area contributed by atoms with Crippen LogP contribution in [0.25, 0.3) is 0 Å². The van der Waals surface area contributed by atoms with Gasteiger partial charge < -0.3 is 24.6 Å². The number of hydrogen-bond donors (Lipinski definition) is 1. The zero-order valence-corrected chi connectivity index (χ0v) is 17.7. The minimum absolute atomic E-state index is 0.0607. The second kappa shape index (κ2) is 10.1. The van der Waals surface area contributed by atoms with Crippen molar-refractivity contribution in [1.82, 2.24) is 9.97 Å². The van der Waals surface area contributed by atoms with Crippen LogP contribution < -0.4 is 19.9 Å². The van der Waals surface area contributed by atoms with E-state index in [0.717, 1.165) is 37.7 Å². The van der Waals surface area contributed by atoms with Crippen LogP contribution in [-0.2, 0) is 9.53 Å². The van der Waals surface area contributed by atoms with Crippen LogP contribution >= 0.6 is 0 Å². The molecule has 1 saturated heterocycles. The lowest BCUT2D eigenvalue weighted by molar-refractivity contribution is -0.114. The Morgan fingerprint density at radius 1 is 1.12 bits per heavy atom. The Labute approximate surface area is 185 Å². The van der Waals surface area contributed by atoms with Crippen molar-refractivity contribution in [2.45, 2.75) is 0 Å². The molecular formula is C23H24FN5O3. The zero-order valence-electron chi connectivity index (χ0n) is 17.7. The van der Waals surface area contributed by atoms with Crippen molar-refractivity contribution in [3.05, 3.63) is 66.6 Å². The van der Waals surface area contributed by atoms with Gasteiger partial charge in [-0.2, -0.15) is 4.98 Å². The number of nitrogens with zero attached hydrogens (tertiary/aromatic N) is 4. The lowest BCUT2D eigenvalue weighted by atomic mass is 10.2. The topological polar surface area (TPSA) is 79.8 Å². The predicted octanol–water partition coefficient (Wildman–Crippen LogP) is 3.32. The average molecular weight is 437 g/mol. The molecule has 1 aliphatic rings. The van der Waals surface area contributed by atoms with Gasteiger partial charge in [0.1, 0.15) is 11.6 Å². The highest BCUT2D eigenvalue weighted by Crippen LogP contribution is 2.21. The second-order valence-electron chi connectivity index (χ2n) is 7.30. The van der Waals surface area contributed by atoms with Crippen LogP contribution in [0, 0.1) is 5.82 Å². The van der Waals surface area contributed by atoms with E-state index in [1.54, 1.807) is 24.2 Å². The summed E-state index contributed by atoms with van der Waals surface area (Å²) in [5.74, 6) is 0.550. The summed E-state index contributed by atoms with van der Waals surface area (Å²) in [6.07, 6.45) is 1.54. The molecule has 8 nitrogen and oxygen atoms in total. The Balaban J connectivity index is 1.32. The minimum Gasteiger partial charge on any atom is -0.439 e. The van der Waals surface area contributed by atoms with Gasteiger partial charge in [0, 0.05) is 43.8 Å². The van der Waals surface area contributed by atoms with Gasteiger partial charge in [-0.05, 0) is 48.5 Å². The van der Waals surface area contributed by atoms with Crippen LogP contribution in [0.15, 0.2) is 60.8 Å². The molecule has 4 rings (SSSR count). The number of benzene rings is 2. The zero-order chi connectivity index (χ0) is 22.3. The molecule has 1 aliphatic heterocycles. The largest absolute Gasteiger partial charge is 0.439 e. The summed E-state index contributed by atoms with van der Waals surface area (Å²) in [7, 11) is 1.72. The number of anilines is 3. The summed E-state index contributed by atoms with van der Waals surface area (Å²) in [5.41, 5.74) is 1.82. The molecule has 1 fully saturated rings. The number of morpholine rings is 1. The highest BCUT2D eigenvalue weighted by atomic mass is 19.1. The van der Waals surface area contributed by atoms with Crippen molar-refractivity contribution >= 4 is 23.2 Å². The summed E-state index contributed by atoms with van der Waals surface area (Å²) in [5, 5.41) is 2.89. The molecule has 0 bridgehead atoms. The first-order valence-corrected chi connectivity index (χ1v) is 10.3. The first-order valence-electron chi connectivity index (χ1n) is 10.3. The van der Waals surface area contributed by atoms with Crippen LogP contribution in [0.2, 0.25) is 0 Å². The summed E-state index contributed by atoms with van der Waals surface area (Å²) >= 11 is 0. The van der Waals surface area contributed by atoms with E-state index in [1.807, 2.05) is 24.3 Å². The smallest absolute Gasteiger partial charge is 0.243 e. The molecule has 0 spiro atoms. The van der Waals surface area contributed by atoms with Crippen LogP contribution in [0.3, 0.4) is 0 Å². The van der Waals surface area contributed by atoms with E-state index in [4.69, 9.17) is 9.47 Å². The molecule has 0 atom stereocenters. The van der Waals surface area contributed by atoms with Crippen molar-refractivity contribution in [3.8, 4) is 11.6 Å². The molecule has 166 valence electrons. The van der Waals surface area contributed by atoms with E-state index in [9.17, 15) is 9.18 Å². The van der Waals surface area contributed by atoms with Crippen molar-refractivity contribution in [2.75, 3.05) is 55.0 Å². The number of carbonyl (C=O) groups excluding carboxylic acids is 1. The molecule has 2 heterocycles. The van der Waals surface area contributed by atoms with E-state index in [2.05, 4.69) is 20.2 Å². The van der Waals surface area contributed by atoms with Crippen molar-refractivity contribution < 1.29 is 18.7 Å². The van der Waals surface area contributed by atoms with Gasteiger partial charge in [0.15, 0.2) is 0 Å². The van der Waals surface area contributed by atoms with Crippen molar-refractivity contribution in [1.29, 1.82) is 0 Å². The van der Waals surface area contributed by atoms with E-state index < -0.39 is 0 Å². The maximum Gasteiger partial charge on any atom is 0.243 e. The van der Waals surface area contributed by atoms with Gasteiger partial charge in [0.2, 0.25) is 17.7 Å². The molecule has 0 saturated carbocycles. The maximum atomic E-state index is 13.0. The molecule has 0 unspecified atom stereocenters. The minimum atomic E-state index is -0.345. The van der Waals surface area contributed by atoms with Crippen molar-refractivity contribution in [3.63, 3.8) is 0 Å². The van der Waals surface area contributed by atoms with Gasteiger partial charge in [-0.1, -0.05) is 0 Å². The number of carbonyl (C=O) groups is 1. The Morgan fingerprint density at radius 2 is 1.84 bits per heavy atom. The van der Waals surface area contributed by atoms with Gasteiger partial charge in [-0.3, -0.25) is 4.79 Å². The highest BCUT2D eigenvalue weighted by Gasteiger charge is 2.13. The molecule has 1 aromatic heterocycles. The number of ether oxygens (including phenoxy) is 2. The van der Waals surface area contributed by atoms with Crippen molar-refractivity contribution in [2.24, 2.45) is 0 Å². The lowest BCUT2D eigenvalue weighted by Crippen LogP contribution is -2.36. The van der Waals surface area contributed by atoms with E-state index in [1.165, 1.54) is 24.3 Å². The van der Waals surface area contributed by atoms with E-state index >= 15 is 0 Å². The number of nitrogens with one attached hydrogen (secondary N) is 1. The first-order chi connectivity index (χ1) is 15.6. The third kappa shape index (κ3) is 5.70. The molecule has 1 N–H and O–H groups in total. The summed E-state index contributed by atoms with van der Waals surface area (Å²) in [6, 6.07) is 15.0. The standard InChI is InChI=1S/C23H24FN5O3/c1-28(23-25-11-10-22(27-23)32-20-8-2-17(24)3-9-20)16-21(30)26-18-4-6-19(7-5-18)29-12-14-31-15-13-29/h2-11H,12-16H2,1H3,(H,26,30). The summed E-state index contributed by atoms with van der Waals surface area (Å²) in [4.78, 5) is 24.9. The van der Waals surface area contributed by atoms with Crippen LogP contribution in [0.4, 0.5) is 21.7 Å². The van der Waals surface area contributed by atoms with Gasteiger partial charge in [-0.25, -0.2) is 9.37 Å². The van der Waals surface area contributed by atoms with Crippen LogP contribution in [0.1, 0.15) is 0 Å². The summed E-state index contributed by atoms with van der Waals surface area (Å²) < 4.78 is 24.1. The molecule has 0 aliphatic carbocycles. The lowest BCUT2D eigenvalue weighted by Gasteiger charge is -2.28. The van der Waals surface area contributed by atoms with Gasteiger partial charge in [0.25, 0.3) is 0 Å². The second-order valence-corrected chi connectivity index (χ2v) is 7.30. The predicted molar refractivity (Wildman–Crippen MR) is 120 cm³/mol. The SMILES string of the molecule is CN(CC(=O)Nc1ccc(N2CCOCC2)cc1)c1nccc(Oc2ccc(F)cc2)n1. The van der Waals surface area contributed by atoms with Gasteiger partial charge >= 0.3 is 0 Å². The number of likely N-dealkylation sites (N-methyl/N-ethyl adjacent to an activating group) is 1. The highest BCUT2D eigenvalue weighted by molar-refractivity contribution is 5.93. The fraction of sp³-hybridized carbons (Fsp3) is 0.261. The Kier molecular flexibility index (Phi) is 6.76. The Bertz CT molecular complexity index is 1040. The quantitative estimate of drug-likeness (QED) is 0.607. The molecule has 2 aromatic carbocycles. The first kappa shape index (κ1) is 21.5. The Morgan fingerprint density at radius 3 is 2.56 bits per heavy atom. The molecule has 0 radical (unpaired) electrons. The third-order valence-electron chi connectivity index (χ3n) is 4.90. The number of halogens is 1. The van der Waals surface area contributed by atoms with E-state index in [-0.39, 0.29) is 18.3 Å². The number of hydrogen-bond acceptors (Lipinski definition) is 7. The molecular weight excluding hydrogens is 413 g/mol. The fourth-order valence-corrected chi connectivity index (χ4v) is 3.26. The van der Waals surface area contributed by atoms with Crippen LogP contribution in [0.5, 0.6) is 11.6 Å². The number of amides is 1. The molecule has 3 aromatic rings. The maximum absolute atomic E-state index is 13.0. The molecule has 9 heteroatoms. The summed E-state index contributed by atoms with van der Waals surface area (Å²) in [6.45, 7) is 3.23. The van der Waals surface area contributed by atoms with E-state index in [0.29, 0.717) is 17.6 Å². The van der Waals surface area contributed by atoms with Crippen LogP contribution in [-0.4, -0.2) is 55.8 Å². The fourth-order valence-electron chi connectivity index (χ4n) is 3.26. The Hall–Kier alpha value is -3.72. The molecule has 32 heavy (non-hydrogen) atoms. The average Bonchev–Trinajstić information content (AvgIpc) is 2.82. The van der Waals surface area contributed by atoms with Gasteiger partial charge in [0.05, 0.1) is 19.8 Å². The van der Waals surface area contributed by atoms with Gasteiger partial charge in [-0.15, -0.1) is 0 Å². The normalized spacial score (nSPS) is 13.5. The third-order valence-corrected chi connectivity index (χ3v) is 4.90. The number of aromatic nitrogens is 2. The number of rotatable bonds is 7. The monoisotopic (exact) mass is 437 g/mol.